The molecule has 6 heteroatoms. The Morgan fingerprint density at radius 2 is 1.39 bits per heavy atom. The highest BCUT2D eigenvalue weighted by atomic mass is 33.1. The second-order valence-corrected chi connectivity index (χ2v) is 10.4. The Morgan fingerprint density at radius 3 is 1.87 bits per heavy atom. The molecule has 0 saturated heterocycles. The van der Waals surface area contributed by atoms with Gasteiger partial charge in [-0.3, -0.25) is 5.10 Å². The minimum atomic E-state index is 0.772. The summed E-state index contributed by atoms with van der Waals surface area (Å²) in [6.45, 7) is 2.29. The standard InChI is InChI=1S/C17H32N2S4/c1-2-3-4-5-6-7-8-9-10-11-12-13-14-15-21-23-17-19-18-16(20)22-17/h2-15H2,1H3,(H,18,20). The number of unbranched alkanes of at least 4 members (excludes halogenated alkanes) is 12. The van der Waals surface area contributed by atoms with Crippen molar-refractivity contribution in [1.82, 2.24) is 10.2 Å². The molecule has 1 aromatic heterocycles. The van der Waals surface area contributed by atoms with Crippen molar-refractivity contribution in [2.45, 2.75) is 94.7 Å². The van der Waals surface area contributed by atoms with Gasteiger partial charge in [0.05, 0.1) is 0 Å². The van der Waals surface area contributed by atoms with Crippen molar-refractivity contribution in [2.75, 3.05) is 5.75 Å². The summed E-state index contributed by atoms with van der Waals surface area (Å²) in [5, 5.41) is 6.97. The first-order valence-electron chi connectivity index (χ1n) is 9.18. The number of H-pyrrole nitrogens is 1. The maximum atomic E-state index is 5.02. The van der Waals surface area contributed by atoms with E-state index in [2.05, 4.69) is 17.1 Å². The fraction of sp³-hybridized carbons (Fsp3) is 0.882. The van der Waals surface area contributed by atoms with Gasteiger partial charge in [-0.15, -0.1) is 0 Å². The van der Waals surface area contributed by atoms with Crippen LogP contribution in [0.5, 0.6) is 0 Å². The molecule has 1 N–H and O–H groups in total. The molecule has 134 valence electrons. The molecule has 0 fully saturated rings. The first-order valence-corrected chi connectivity index (χ1v) is 12.7. The van der Waals surface area contributed by atoms with Gasteiger partial charge < -0.3 is 0 Å². The molecule has 0 atom stereocenters. The number of hydrogen-bond donors (Lipinski definition) is 1. The summed E-state index contributed by atoms with van der Waals surface area (Å²) >= 11 is 6.59. The Balaban J connectivity index is 1.72. The molecule has 1 rings (SSSR count). The van der Waals surface area contributed by atoms with Crippen LogP contribution in [0.2, 0.25) is 0 Å². The number of hydrogen-bond acceptors (Lipinski definition) is 5. The van der Waals surface area contributed by atoms with Crippen molar-refractivity contribution < 1.29 is 0 Å². The van der Waals surface area contributed by atoms with Crippen LogP contribution < -0.4 is 0 Å². The average Bonchev–Trinajstić information content (AvgIpc) is 2.96. The Hall–Kier alpha value is 0.480. The minimum absolute atomic E-state index is 0.772. The number of aromatic nitrogens is 2. The summed E-state index contributed by atoms with van der Waals surface area (Å²) in [6, 6.07) is 0. The number of nitrogens with one attached hydrogen (secondary N) is 1. The molecule has 1 aromatic rings. The van der Waals surface area contributed by atoms with Gasteiger partial charge in [0.15, 0.2) is 8.29 Å². The van der Waals surface area contributed by atoms with Gasteiger partial charge in [0, 0.05) is 5.75 Å². The van der Waals surface area contributed by atoms with Gasteiger partial charge in [-0.2, -0.15) is 5.10 Å². The molecule has 0 radical (unpaired) electrons. The summed E-state index contributed by atoms with van der Waals surface area (Å²) in [7, 11) is 3.65. The smallest absolute Gasteiger partial charge is 0.183 e. The lowest BCUT2D eigenvalue weighted by Crippen LogP contribution is -1.83. The van der Waals surface area contributed by atoms with E-state index in [4.69, 9.17) is 12.2 Å². The fourth-order valence-electron chi connectivity index (χ4n) is 2.52. The third-order valence-corrected chi connectivity index (χ3v) is 7.71. The van der Waals surface area contributed by atoms with Gasteiger partial charge in [0.25, 0.3) is 0 Å². The Bertz CT molecular complexity index is 417. The maximum absolute atomic E-state index is 5.02. The van der Waals surface area contributed by atoms with Crippen molar-refractivity contribution >= 4 is 45.1 Å². The lowest BCUT2D eigenvalue weighted by atomic mass is 10.1. The normalized spacial score (nSPS) is 11.2. The molecule has 1 heterocycles. The molecule has 0 aliphatic rings. The van der Waals surface area contributed by atoms with Crippen LogP contribution in [-0.4, -0.2) is 16.0 Å². The molecule has 0 aliphatic carbocycles. The van der Waals surface area contributed by atoms with Gasteiger partial charge in [0.2, 0.25) is 0 Å². The van der Waals surface area contributed by atoms with E-state index in [1.165, 1.54) is 89.2 Å². The van der Waals surface area contributed by atoms with E-state index in [-0.39, 0.29) is 0 Å². The van der Waals surface area contributed by atoms with Crippen molar-refractivity contribution in [3.05, 3.63) is 3.95 Å². The zero-order chi connectivity index (χ0) is 16.6. The van der Waals surface area contributed by atoms with Gasteiger partial charge in [-0.05, 0) is 29.4 Å². The van der Waals surface area contributed by atoms with E-state index in [9.17, 15) is 0 Å². The zero-order valence-corrected chi connectivity index (χ0v) is 17.7. The predicted molar refractivity (Wildman–Crippen MR) is 111 cm³/mol. The van der Waals surface area contributed by atoms with E-state index in [0.717, 1.165) is 8.29 Å². The largest absolute Gasteiger partial charge is 0.257 e. The Kier molecular flexibility index (Phi) is 14.9. The van der Waals surface area contributed by atoms with Crippen molar-refractivity contribution in [3.63, 3.8) is 0 Å². The maximum Gasteiger partial charge on any atom is 0.183 e. The van der Waals surface area contributed by atoms with Crippen LogP contribution in [0.15, 0.2) is 4.34 Å². The van der Waals surface area contributed by atoms with Crippen LogP contribution >= 0.6 is 45.1 Å². The average molecular weight is 393 g/mol. The molecular weight excluding hydrogens is 360 g/mol. The first kappa shape index (κ1) is 21.5. The topological polar surface area (TPSA) is 28.7 Å². The van der Waals surface area contributed by atoms with Crippen LogP contribution in [0.25, 0.3) is 0 Å². The van der Waals surface area contributed by atoms with Crippen molar-refractivity contribution in [1.29, 1.82) is 0 Å². The number of rotatable bonds is 16. The van der Waals surface area contributed by atoms with Crippen LogP contribution in [-0.2, 0) is 0 Å². The number of nitrogens with zero attached hydrogens (tertiary/aromatic N) is 1. The van der Waals surface area contributed by atoms with E-state index in [1.807, 2.05) is 10.8 Å². The van der Waals surface area contributed by atoms with E-state index in [1.54, 1.807) is 22.1 Å². The van der Waals surface area contributed by atoms with E-state index in [0.29, 0.717) is 0 Å². The van der Waals surface area contributed by atoms with Crippen LogP contribution in [0.4, 0.5) is 0 Å². The van der Waals surface area contributed by atoms with Crippen molar-refractivity contribution in [3.8, 4) is 0 Å². The molecule has 23 heavy (non-hydrogen) atoms. The van der Waals surface area contributed by atoms with Gasteiger partial charge in [-0.25, -0.2) is 0 Å². The third kappa shape index (κ3) is 13.4. The molecule has 0 aromatic carbocycles. The molecule has 0 amide bonds. The Labute approximate surface area is 159 Å². The Morgan fingerprint density at radius 1 is 0.870 bits per heavy atom. The second kappa shape index (κ2) is 16.0. The molecule has 0 spiro atoms. The monoisotopic (exact) mass is 392 g/mol. The fourth-order valence-corrected chi connectivity index (χ4v) is 6.04. The van der Waals surface area contributed by atoms with E-state index < -0.39 is 0 Å². The molecular formula is C17H32N2S4. The summed E-state index contributed by atoms with van der Waals surface area (Å²) in [4.78, 5) is 0. The predicted octanol–water partition coefficient (Wildman–Crippen LogP) is 8.03. The van der Waals surface area contributed by atoms with Crippen LogP contribution in [0.1, 0.15) is 90.4 Å². The van der Waals surface area contributed by atoms with Gasteiger partial charge >= 0.3 is 0 Å². The van der Waals surface area contributed by atoms with E-state index >= 15 is 0 Å². The summed E-state index contributed by atoms with van der Waals surface area (Å²) in [5.74, 6) is 1.22. The molecule has 0 saturated carbocycles. The lowest BCUT2D eigenvalue weighted by molar-refractivity contribution is 0.543. The molecule has 0 aliphatic heterocycles. The summed E-state index contributed by atoms with van der Waals surface area (Å²) < 4.78 is 1.82. The zero-order valence-electron chi connectivity index (χ0n) is 14.5. The molecule has 0 unspecified atom stereocenters. The highest BCUT2D eigenvalue weighted by Gasteiger charge is 1.99. The van der Waals surface area contributed by atoms with Crippen LogP contribution in [0, 0.1) is 3.95 Å². The second-order valence-electron chi connectivity index (χ2n) is 6.03. The lowest BCUT2D eigenvalue weighted by Gasteiger charge is -2.03. The first-order chi connectivity index (χ1) is 11.3. The number of aromatic amines is 1. The quantitative estimate of drug-likeness (QED) is 0.175. The highest BCUT2D eigenvalue weighted by molar-refractivity contribution is 8.77. The van der Waals surface area contributed by atoms with Gasteiger partial charge in [0.1, 0.15) is 0 Å². The highest BCUT2D eigenvalue weighted by Crippen LogP contribution is 2.32. The van der Waals surface area contributed by atoms with Gasteiger partial charge in [-0.1, -0.05) is 106 Å². The minimum Gasteiger partial charge on any atom is -0.257 e. The summed E-state index contributed by atoms with van der Waals surface area (Å²) in [5.41, 5.74) is 0. The molecule has 0 bridgehead atoms. The summed E-state index contributed by atoms with van der Waals surface area (Å²) in [6.07, 6.45) is 18.5. The SMILES string of the molecule is CCCCCCCCCCCCCCCSSc1n[nH]c(=S)s1. The van der Waals surface area contributed by atoms with Crippen molar-refractivity contribution in [2.24, 2.45) is 0 Å². The van der Waals surface area contributed by atoms with Crippen LogP contribution in [0.3, 0.4) is 0 Å². The molecule has 2 nitrogen and oxygen atoms in total. The third-order valence-electron chi connectivity index (χ3n) is 3.88.